The summed E-state index contributed by atoms with van der Waals surface area (Å²) in [4.78, 5) is 11.1. The van der Waals surface area contributed by atoms with E-state index in [0.717, 1.165) is 5.56 Å². The molecular weight excluding hydrogens is 274 g/mol. The van der Waals surface area contributed by atoms with Crippen LogP contribution in [0.4, 0.5) is 0 Å². The maximum atomic E-state index is 11.1. The molecule has 21 heavy (non-hydrogen) atoms. The van der Waals surface area contributed by atoms with E-state index < -0.39 is 5.97 Å². The lowest BCUT2D eigenvalue weighted by Gasteiger charge is -2.09. The smallest absolute Gasteiger partial charge is 0.358 e. The van der Waals surface area contributed by atoms with Gasteiger partial charge in [0.25, 0.3) is 0 Å². The quantitative estimate of drug-likeness (QED) is 0.863. The van der Waals surface area contributed by atoms with Gasteiger partial charge in [-0.25, -0.2) is 4.79 Å². The van der Waals surface area contributed by atoms with Gasteiger partial charge in [-0.1, -0.05) is 11.3 Å². The van der Waals surface area contributed by atoms with Crippen LogP contribution >= 0.6 is 0 Å². The average Bonchev–Trinajstić information content (AvgIpc) is 2.86. The van der Waals surface area contributed by atoms with Gasteiger partial charge in [0, 0.05) is 7.05 Å². The minimum atomic E-state index is -1.06. The number of rotatable bonds is 6. The van der Waals surface area contributed by atoms with Crippen molar-refractivity contribution < 1.29 is 19.4 Å². The second kappa shape index (κ2) is 6.25. The van der Waals surface area contributed by atoms with Gasteiger partial charge in [0.1, 0.15) is 0 Å². The molecule has 0 fully saturated rings. The van der Waals surface area contributed by atoms with Crippen LogP contribution in [0.3, 0.4) is 0 Å². The molecule has 0 amide bonds. The first-order valence-electron chi connectivity index (χ1n) is 6.39. The Morgan fingerprint density at radius 2 is 1.95 bits per heavy atom. The number of hydrogen-bond donors (Lipinski definition) is 1. The molecule has 1 heterocycles. The van der Waals surface area contributed by atoms with E-state index in [9.17, 15) is 4.79 Å². The third-order valence-corrected chi connectivity index (χ3v) is 3.24. The zero-order valence-corrected chi connectivity index (χ0v) is 12.2. The average molecular weight is 291 g/mol. The lowest BCUT2D eigenvalue weighted by Crippen LogP contribution is -2.07. The molecule has 0 atom stereocenters. The van der Waals surface area contributed by atoms with Crippen molar-refractivity contribution in [1.82, 2.24) is 15.0 Å². The van der Waals surface area contributed by atoms with E-state index in [4.69, 9.17) is 14.6 Å². The summed E-state index contributed by atoms with van der Waals surface area (Å²) in [6, 6.07) is 5.63. The van der Waals surface area contributed by atoms with Crippen molar-refractivity contribution in [2.45, 2.75) is 12.8 Å². The number of carbonyl (C=O) groups is 1. The molecule has 1 aromatic heterocycles. The highest BCUT2D eigenvalue weighted by molar-refractivity contribution is 5.86. The second-order valence-corrected chi connectivity index (χ2v) is 4.50. The summed E-state index contributed by atoms with van der Waals surface area (Å²) in [7, 11) is 4.84. The molecule has 2 rings (SSSR count). The van der Waals surface area contributed by atoms with Crippen molar-refractivity contribution >= 4 is 5.97 Å². The van der Waals surface area contributed by atoms with E-state index >= 15 is 0 Å². The summed E-state index contributed by atoms with van der Waals surface area (Å²) in [5.41, 5.74) is 1.61. The van der Waals surface area contributed by atoms with E-state index in [-0.39, 0.29) is 5.69 Å². The number of ether oxygens (including phenoxy) is 2. The third-order valence-electron chi connectivity index (χ3n) is 3.24. The van der Waals surface area contributed by atoms with Crippen molar-refractivity contribution in [3.8, 4) is 11.5 Å². The molecule has 0 aliphatic heterocycles. The predicted molar refractivity (Wildman–Crippen MR) is 74.9 cm³/mol. The summed E-state index contributed by atoms with van der Waals surface area (Å²) in [6.45, 7) is 0. The summed E-state index contributed by atoms with van der Waals surface area (Å²) >= 11 is 0. The number of carboxylic acid groups (broad SMARTS) is 1. The van der Waals surface area contributed by atoms with Crippen molar-refractivity contribution in [3.63, 3.8) is 0 Å². The van der Waals surface area contributed by atoms with E-state index in [0.29, 0.717) is 30.0 Å². The lowest BCUT2D eigenvalue weighted by molar-refractivity contribution is 0.0689. The van der Waals surface area contributed by atoms with Crippen molar-refractivity contribution in [2.75, 3.05) is 14.2 Å². The van der Waals surface area contributed by atoms with Crippen LogP contribution in [-0.2, 0) is 19.9 Å². The molecule has 0 bridgehead atoms. The summed E-state index contributed by atoms with van der Waals surface area (Å²) in [5.74, 6) is 0.247. The fraction of sp³-hybridized carbons (Fsp3) is 0.357. The van der Waals surface area contributed by atoms with Gasteiger partial charge in [-0.2, -0.15) is 0 Å². The second-order valence-electron chi connectivity index (χ2n) is 4.50. The molecule has 0 aliphatic carbocycles. The lowest BCUT2D eigenvalue weighted by atomic mass is 10.1. The molecule has 0 aliphatic rings. The van der Waals surface area contributed by atoms with Gasteiger partial charge in [-0.05, 0) is 30.5 Å². The maximum Gasteiger partial charge on any atom is 0.358 e. The van der Waals surface area contributed by atoms with Gasteiger partial charge >= 0.3 is 5.97 Å². The minimum Gasteiger partial charge on any atom is -0.493 e. The van der Waals surface area contributed by atoms with E-state index in [1.165, 1.54) is 4.68 Å². The van der Waals surface area contributed by atoms with Gasteiger partial charge in [-0.3, -0.25) is 4.68 Å². The first-order valence-corrected chi connectivity index (χ1v) is 6.39. The van der Waals surface area contributed by atoms with Crippen LogP contribution in [0.15, 0.2) is 18.2 Å². The molecule has 0 unspecified atom stereocenters. The molecule has 0 saturated carbocycles. The highest BCUT2D eigenvalue weighted by Crippen LogP contribution is 2.28. The van der Waals surface area contributed by atoms with Crippen LogP contribution in [-0.4, -0.2) is 40.3 Å². The molecule has 0 spiro atoms. The Labute approximate surface area is 122 Å². The minimum absolute atomic E-state index is 0.00187. The van der Waals surface area contributed by atoms with Crippen LogP contribution in [0.25, 0.3) is 0 Å². The summed E-state index contributed by atoms with van der Waals surface area (Å²) in [6.07, 6.45) is 1.18. The van der Waals surface area contributed by atoms with Crippen LogP contribution in [0, 0.1) is 0 Å². The van der Waals surface area contributed by atoms with Gasteiger partial charge < -0.3 is 14.6 Å². The van der Waals surface area contributed by atoms with E-state index in [2.05, 4.69) is 10.3 Å². The molecule has 0 radical (unpaired) electrons. The molecule has 112 valence electrons. The Hall–Kier alpha value is -2.57. The topological polar surface area (TPSA) is 86.5 Å². The zero-order chi connectivity index (χ0) is 15.4. The number of aryl methyl sites for hydroxylation is 2. The molecule has 1 N–H and O–H groups in total. The van der Waals surface area contributed by atoms with Gasteiger partial charge in [0.15, 0.2) is 17.2 Å². The molecule has 0 saturated heterocycles. The highest BCUT2D eigenvalue weighted by atomic mass is 16.5. The highest BCUT2D eigenvalue weighted by Gasteiger charge is 2.17. The van der Waals surface area contributed by atoms with E-state index in [1.807, 2.05) is 18.2 Å². The van der Waals surface area contributed by atoms with Crippen LogP contribution in [0.1, 0.15) is 21.7 Å². The number of carboxylic acids is 1. The number of methoxy groups -OCH3 is 2. The van der Waals surface area contributed by atoms with Gasteiger partial charge in [0.05, 0.1) is 19.9 Å². The first-order chi connectivity index (χ1) is 10.1. The summed E-state index contributed by atoms with van der Waals surface area (Å²) in [5, 5.41) is 16.5. The zero-order valence-electron chi connectivity index (χ0n) is 12.2. The first kappa shape index (κ1) is 14.8. The molecule has 7 nitrogen and oxygen atoms in total. The van der Waals surface area contributed by atoms with E-state index in [1.54, 1.807) is 21.3 Å². The molecule has 1 aromatic carbocycles. The number of aromatic nitrogens is 3. The Morgan fingerprint density at radius 3 is 2.57 bits per heavy atom. The SMILES string of the molecule is COc1ccc(CCc2c(C(=O)O)nnn2C)cc1OC. The Kier molecular flexibility index (Phi) is 4.42. The standard InChI is InChI=1S/C14H17N3O4/c1-17-10(13(14(18)19)15-16-17)6-4-9-5-7-11(20-2)12(8-9)21-3/h5,7-8H,4,6H2,1-3H3,(H,18,19). The Morgan fingerprint density at radius 1 is 1.24 bits per heavy atom. The predicted octanol–water partition coefficient (Wildman–Crippen LogP) is 1.32. The largest absolute Gasteiger partial charge is 0.493 e. The Bertz CT molecular complexity index is 652. The fourth-order valence-corrected chi connectivity index (χ4v) is 2.12. The number of hydrogen-bond acceptors (Lipinski definition) is 5. The number of aromatic carboxylic acids is 1. The van der Waals surface area contributed by atoms with Crippen LogP contribution in [0.5, 0.6) is 11.5 Å². The van der Waals surface area contributed by atoms with Crippen molar-refractivity contribution in [3.05, 3.63) is 35.2 Å². The van der Waals surface area contributed by atoms with Crippen molar-refractivity contribution in [1.29, 1.82) is 0 Å². The van der Waals surface area contributed by atoms with Crippen LogP contribution < -0.4 is 9.47 Å². The number of benzene rings is 1. The normalized spacial score (nSPS) is 10.4. The Balaban J connectivity index is 2.17. The third kappa shape index (κ3) is 3.13. The maximum absolute atomic E-state index is 11.1. The van der Waals surface area contributed by atoms with Crippen LogP contribution in [0.2, 0.25) is 0 Å². The summed E-state index contributed by atoms with van der Waals surface area (Å²) < 4.78 is 11.9. The molecular formula is C14H17N3O4. The number of nitrogens with zero attached hydrogens (tertiary/aromatic N) is 3. The monoisotopic (exact) mass is 291 g/mol. The van der Waals surface area contributed by atoms with Crippen molar-refractivity contribution in [2.24, 2.45) is 7.05 Å². The molecule has 2 aromatic rings. The fourth-order valence-electron chi connectivity index (χ4n) is 2.12. The molecule has 7 heteroatoms. The van der Waals surface area contributed by atoms with Gasteiger partial charge in [0.2, 0.25) is 0 Å². The van der Waals surface area contributed by atoms with Gasteiger partial charge in [-0.15, -0.1) is 5.10 Å².